The monoisotopic (exact) mass is 545 g/mol. The third kappa shape index (κ3) is 8.90. The Labute approximate surface area is 226 Å². The zero-order valence-electron chi connectivity index (χ0n) is 22.5. The fraction of sp³-hybridized carbons (Fsp3) is 0.500. The molecule has 3 rings (SSSR count). The number of aliphatic imine (C=N–C) groups is 1. The van der Waals surface area contributed by atoms with Crippen LogP contribution in [0.5, 0.6) is 17.2 Å². The minimum atomic E-state index is -0.515. The first-order chi connectivity index (χ1) is 18.7. The predicted octanol–water partition coefficient (Wildman–Crippen LogP) is 2.89. The summed E-state index contributed by atoms with van der Waals surface area (Å²) in [6.07, 6.45) is 2.87. The molecular formula is C26H35N5O8. The van der Waals surface area contributed by atoms with Crippen molar-refractivity contribution in [3.63, 3.8) is 0 Å². The third-order valence-corrected chi connectivity index (χ3v) is 5.80. The summed E-state index contributed by atoms with van der Waals surface area (Å²) in [5.74, 6) is -0.312. The van der Waals surface area contributed by atoms with E-state index >= 15 is 0 Å². The van der Waals surface area contributed by atoms with E-state index < -0.39 is 24.6 Å². The Bertz CT molecular complexity index is 1180. The molecule has 13 heteroatoms. The van der Waals surface area contributed by atoms with Gasteiger partial charge in [-0.3, -0.25) is 19.7 Å². The smallest absolute Gasteiger partial charge is 0.407 e. The SMILES string of the molecule is CCOC(=O)CN=Cc1c(O)cc(OC)cc1OCC(=O)Nc1cc([C@H]2CC[C@@H](OC(=O)NC(C)C)C2)[nH]n1. The summed E-state index contributed by atoms with van der Waals surface area (Å²) in [4.78, 5) is 39.9. The van der Waals surface area contributed by atoms with Crippen LogP contribution in [0.3, 0.4) is 0 Å². The van der Waals surface area contributed by atoms with Gasteiger partial charge in [0, 0.05) is 42.1 Å². The van der Waals surface area contributed by atoms with Crippen LogP contribution in [0.15, 0.2) is 23.2 Å². The molecule has 0 aliphatic heterocycles. The number of methoxy groups -OCH3 is 1. The van der Waals surface area contributed by atoms with Crippen molar-refractivity contribution in [3.05, 3.63) is 29.5 Å². The second kappa shape index (κ2) is 14.0. The van der Waals surface area contributed by atoms with Crippen LogP contribution in [0.4, 0.5) is 10.6 Å². The zero-order chi connectivity index (χ0) is 28.4. The van der Waals surface area contributed by atoms with E-state index in [0.717, 1.165) is 18.5 Å². The molecule has 2 amide bonds. The first-order valence-electron chi connectivity index (χ1n) is 12.7. The number of aromatic hydroxyl groups is 1. The van der Waals surface area contributed by atoms with Crippen molar-refractivity contribution < 1.29 is 38.4 Å². The Morgan fingerprint density at radius 1 is 1.26 bits per heavy atom. The summed E-state index contributed by atoms with van der Waals surface area (Å²) < 4.78 is 21.1. The number of hydrogen-bond acceptors (Lipinski definition) is 10. The van der Waals surface area contributed by atoms with Crippen molar-refractivity contribution in [3.8, 4) is 17.2 Å². The van der Waals surface area contributed by atoms with Gasteiger partial charge in [-0.1, -0.05) is 0 Å². The lowest BCUT2D eigenvalue weighted by atomic mass is 10.0. The van der Waals surface area contributed by atoms with E-state index in [-0.39, 0.29) is 48.3 Å². The van der Waals surface area contributed by atoms with Crippen LogP contribution in [-0.4, -0.2) is 78.5 Å². The molecule has 1 aromatic carbocycles. The van der Waals surface area contributed by atoms with Gasteiger partial charge in [0.25, 0.3) is 5.91 Å². The number of H-pyrrole nitrogens is 1. The standard InChI is InChI=1S/C26H35N5O8/c1-5-37-25(34)13-27-12-19-21(32)9-18(36-4)10-22(19)38-14-24(33)29-23-11-20(30-31-23)16-6-7-17(8-16)39-26(35)28-15(2)3/h9-12,15-17,32H,5-8,13-14H2,1-4H3,(H,28,35)(H2,29,30,31,33)/t16-,17+/m0/s1. The third-order valence-electron chi connectivity index (χ3n) is 5.80. The minimum Gasteiger partial charge on any atom is -0.507 e. The number of nitrogens with zero attached hydrogens (tertiary/aromatic N) is 2. The number of alkyl carbamates (subject to hydrolysis) is 1. The van der Waals surface area contributed by atoms with Gasteiger partial charge in [-0.05, 0) is 40.0 Å². The molecule has 1 heterocycles. The molecule has 1 aliphatic rings. The fourth-order valence-electron chi connectivity index (χ4n) is 4.06. The number of carbonyl (C=O) groups excluding carboxylic acids is 3. The van der Waals surface area contributed by atoms with Gasteiger partial charge in [0.1, 0.15) is 29.9 Å². The van der Waals surface area contributed by atoms with Gasteiger partial charge < -0.3 is 34.7 Å². The number of anilines is 1. The van der Waals surface area contributed by atoms with Crippen LogP contribution < -0.4 is 20.1 Å². The number of nitrogens with one attached hydrogen (secondary N) is 3. The van der Waals surface area contributed by atoms with Crippen molar-refractivity contribution in [2.75, 3.05) is 32.2 Å². The molecule has 0 spiro atoms. The maximum absolute atomic E-state index is 12.6. The predicted molar refractivity (Wildman–Crippen MR) is 142 cm³/mol. The number of amides is 2. The van der Waals surface area contributed by atoms with Gasteiger partial charge in [-0.2, -0.15) is 5.10 Å². The van der Waals surface area contributed by atoms with Crippen LogP contribution in [0, 0.1) is 0 Å². The highest BCUT2D eigenvalue weighted by Crippen LogP contribution is 2.36. The number of esters is 1. The number of rotatable bonds is 12. The van der Waals surface area contributed by atoms with Gasteiger partial charge in [0.2, 0.25) is 0 Å². The molecule has 13 nitrogen and oxygen atoms in total. The lowest BCUT2D eigenvalue weighted by Gasteiger charge is -2.14. The van der Waals surface area contributed by atoms with Crippen LogP contribution in [0.25, 0.3) is 0 Å². The molecule has 1 saturated carbocycles. The first-order valence-corrected chi connectivity index (χ1v) is 12.7. The van der Waals surface area contributed by atoms with Crippen molar-refractivity contribution in [2.24, 2.45) is 4.99 Å². The number of ether oxygens (including phenoxy) is 4. The average molecular weight is 546 g/mol. The van der Waals surface area contributed by atoms with E-state index in [1.54, 1.807) is 13.0 Å². The van der Waals surface area contributed by atoms with Gasteiger partial charge in [0.05, 0.1) is 19.3 Å². The van der Waals surface area contributed by atoms with E-state index in [9.17, 15) is 19.5 Å². The summed E-state index contributed by atoms with van der Waals surface area (Å²) in [7, 11) is 1.42. The maximum atomic E-state index is 12.6. The molecule has 2 atom stereocenters. The normalized spacial score (nSPS) is 16.7. The summed E-state index contributed by atoms with van der Waals surface area (Å²) in [5, 5.41) is 22.8. The van der Waals surface area contributed by atoms with Crippen LogP contribution >= 0.6 is 0 Å². The second-order valence-corrected chi connectivity index (χ2v) is 9.21. The Hall–Kier alpha value is -4.29. The molecule has 0 saturated heterocycles. The summed E-state index contributed by atoms with van der Waals surface area (Å²) in [6, 6.07) is 4.59. The highest BCUT2D eigenvalue weighted by atomic mass is 16.6. The van der Waals surface area contributed by atoms with Crippen LogP contribution in [0.1, 0.15) is 57.2 Å². The van der Waals surface area contributed by atoms with Gasteiger partial charge in [-0.25, -0.2) is 4.79 Å². The zero-order valence-corrected chi connectivity index (χ0v) is 22.5. The molecule has 0 unspecified atom stereocenters. The molecule has 0 radical (unpaired) electrons. The number of aromatic amines is 1. The molecule has 2 aromatic rings. The molecular weight excluding hydrogens is 510 g/mol. The van der Waals surface area contributed by atoms with E-state index in [0.29, 0.717) is 18.0 Å². The fourth-order valence-corrected chi connectivity index (χ4v) is 4.06. The molecule has 4 N–H and O–H groups in total. The number of hydrogen-bond donors (Lipinski definition) is 4. The lowest BCUT2D eigenvalue weighted by molar-refractivity contribution is -0.141. The van der Waals surface area contributed by atoms with E-state index in [1.165, 1.54) is 25.5 Å². The van der Waals surface area contributed by atoms with E-state index in [2.05, 4.69) is 25.8 Å². The van der Waals surface area contributed by atoms with E-state index in [1.807, 2.05) is 13.8 Å². The summed E-state index contributed by atoms with van der Waals surface area (Å²) in [6.45, 7) is 5.03. The van der Waals surface area contributed by atoms with Gasteiger partial charge >= 0.3 is 12.1 Å². The highest BCUT2D eigenvalue weighted by Gasteiger charge is 2.30. The van der Waals surface area contributed by atoms with Crippen molar-refractivity contribution >= 4 is 30.0 Å². The van der Waals surface area contributed by atoms with Crippen LogP contribution in [-0.2, 0) is 19.1 Å². The molecule has 212 valence electrons. The first kappa shape index (κ1) is 29.3. The Balaban J connectivity index is 1.56. The quantitative estimate of drug-likeness (QED) is 0.231. The average Bonchev–Trinajstić information content (AvgIpc) is 3.53. The Morgan fingerprint density at radius 2 is 2.05 bits per heavy atom. The summed E-state index contributed by atoms with van der Waals surface area (Å²) in [5.41, 5.74) is 1.01. The minimum absolute atomic E-state index is 0.00288. The molecule has 1 aromatic heterocycles. The number of carbonyl (C=O) groups is 3. The lowest BCUT2D eigenvalue weighted by Crippen LogP contribution is -2.33. The maximum Gasteiger partial charge on any atom is 0.407 e. The molecule has 1 aliphatic carbocycles. The topological polar surface area (TPSA) is 173 Å². The van der Waals surface area contributed by atoms with E-state index in [4.69, 9.17) is 18.9 Å². The molecule has 1 fully saturated rings. The highest BCUT2D eigenvalue weighted by molar-refractivity contribution is 5.92. The Morgan fingerprint density at radius 3 is 2.77 bits per heavy atom. The van der Waals surface area contributed by atoms with Crippen molar-refractivity contribution in [1.82, 2.24) is 15.5 Å². The number of phenols is 1. The van der Waals surface area contributed by atoms with Crippen LogP contribution in [0.2, 0.25) is 0 Å². The summed E-state index contributed by atoms with van der Waals surface area (Å²) >= 11 is 0. The van der Waals surface area contributed by atoms with Crippen molar-refractivity contribution in [1.29, 1.82) is 0 Å². The second-order valence-electron chi connectivity index (χ2n) is 9.21. The molecule has 0 bridgehead atoms. The largest absolute Gasteiger partial charge is 0.507 e. The van der Waals surface area contributed by atoms with Gasteiger partial charge in [0.15, 0.2) is 12.4 Å². The Kier molecular flexibility index (Phi) is 10.5. The number of aromatic nitrogens is 2. The number of benzene rings is 1. The van der Waals surface area contributed by atoms with Crippen molar-refractivity contribution in [2.45, 2.75) is 58.1 Å². The van der Waals surface area contributed by atoms with Gasteiger partial charge in [-0.15, -0.1) is 0 Å². The molecule has 39 heavy (non-hydrogen) atoms. The number of phenolic OH excluding ortho intramolecular Hbond substituents is 1.